The topological polar surface area (TPSA) is 84.2 Å². The van der Waals surface area contributed by atoms with E-state index in [1.54, 1.807) is 18.2 Å². The van der Waals surface area contributed by atoms with Gasteiger partial charge in [-0.2, -0.15) is 0 Å². The Balaban J connectivity index is 2.33. The number of hydrogen-bond acceptors (Lipinski definition) is 4. The minimum Gasteiger partial charge on any atom is -0.398 e. The first-order valence-electron chi connectivity index (χ1n) is 5.88. The molecule has 0 fully saturated rings. The van der Waals surface area contributed by atoms with Crippen LogP contribution in [0, 0.1) is 3.57 Å². The zero-order valence-corrected chi connectivity index (χ0v) is 14.8. The Bertz CT molecular complexity index is 781. The summed E-state index contributed by atoms with van der Waals surface area (Å²) < 4.78 is 26.7. The summed E-state index contributed by atoms with van der Waals surface area (Å²) >= 11 is 8.07. The number of nitrogens with one attached hydrogen (secondary N) is 2. The Morgan fingerprint density at radius 1 is 1.19 bits per heavy atom. The molecule has 0 spiro atoms. The quantitative estimate of drug-likeness (QED) is 0.507. The van der Waals surface area contributed by atoms with Crippen molar-refractivity contribution in [1.82, 2.24) is 4.72 Å². The van der Waals surface area contributed by atoms with E-state index in [4.69, 9.17) is 17.3 Å². The number of halogens is 2. The van der Waals surface area contributed by atoms with Gasteiger partial charge in [0, 0.05) is 14.3 Å². The van der Waals surface area contributed by atoms with E-state index in [1.807, 2.05) is 12.1 Å². The van der Waals surface area contributed by atoms with Gasteiger partial charge in [-0.25, -0.2) is 13.1 Å². The molecule has 0 radical (unpaired) electrons. The minimum atomic E-state index is -3.55. The highest BCUT2D eigenvalue weighted by molar-refractivity contribution is 14.1. The highest BCUT2D eigenvalue weighted by Crippen LogP contribution is 2.28. The largest absolute Gasteiger partial charge is 0.398 e. The number of sulfonamides is 1. The lowest BCUT2D eigenvalue weighted by Crippen LogP contribution is -2.19. The van der Waals surface area contributed by atoms with Gasteiger partial charge in [-0.1, -0.05) is 11.6 Å². The number of nitrogen functional groups attached to an aromatic ring is 1. The highest BCUT2D eigenvalue weighted by atomic mass is 127. The Morgan fingerprint density at radius 2 is 1.90 bits per heavy atom. The minimum absolute atomic E-state index is 0.0568. The van der Waals surface area contributed by atoms with Crippen molar-refractivity contribution in [2.45, 2.75) is 4.90 Å². The zero-order chi connectivity index (χ0) is 15.6. The first kappa shape index (κ1) is 16.3. The summed E-state index contributed by atoms with van der Waals surface area (Å²) in [5.41, 5.74) is 7.56. The Labute approximate surface area is 142 Å². The molecule has 0 aliphatic heterocycles. The summed E-state index contributed by atoms with van der Waals surface area (Å²) in [5.74, 6) is 0. The van der Waals surface area contributed by atoms with Crippen molar-refractivity contribution in [1.29, 1.82) is 0 Å². The predicted molar refractivity (Wildman–Crippen MR) is 94.6 cm³/mol. The zero-order valence-electron chi connectivity index (χ0n) is 11.0. The van der Waals surface area contributed by atoms with Gasteiger partial charge in [-0.15, -0.1) is 0 Å². The summed E-state index contributed by atoms with van der Waals surface area (Å²) in [7, 11) is -2.21. The number of nitrogens with two attached hydrogens (primary N) is 1. The van der Waals surface area contributed by atoms with Crippen LogP contribution in [0.2, 0.25) is 5.02 Å². The predicted octanol–water partition coefficient (Wildman–Crippen LogP) is 3.18. The lowest BCUT2D eigenvalue weighted by Gasteiger charge is -2.12. The van der Waals surface area contributed by atoms with Crippen molar-refractivity contribution in [3.8, 4) is 0 Å². The molecule has 0 saturated heterocycles. The normalized spacial score (nSPS) is 11.4. The molecule has 0 unspecified atom stereocenters. The highest BCUT2D eigenvalue weighted by Gasteiger charge is 2.15. The number of hydrogen-bond donors (Lipinski definition) is 3. The van der Waals surface area contributed by atoms with Gasteiger partial charge in [0.05, 0.1) is 11.4 Å². The van der Waals surface area contributed by atoms with Crippen LogP contribution in [0.25, 0.3) is 0 Å². The van der Waals surface area contributed by atoms with E-state index in [-0.39, 0.29) is 10.6 Å². The molecular formula is C13H13ClIN3O2S. The first-order valence-corrected chi connectivity index (χ1v) is 8.82. The van der Waals surface area contributed by atoms with Crippen molar-refractivity contribution >= 4 is 61.3 Å². The SMILES string of the molecule is CNS(=O)(=O)c1ccc(Nc2ccc(Cl)cc2I)cc1N. The van der Waals surface area contributed by atoms with Crippen molar-refractivity contribution in [3.05, 3.63) is 45.0 Å². The second-order valence-corrected chi connectivity index (χ2v) is 7.66. The maximum atomic E-state index is 11.8. The number of benzene rings is 2. The van der Waals surface area contributed by atoms with Crippen LogP contribution >= 0.6 is 34.2 Å². The molecule has 0 aromatic heterocycles. The van der Waals surface area contributed by atoms with Crippen LogP contribution in [0.3, 0.4) is 0 Å². The molecule has 0 atom stereocenters. The fourth-order valence-electron chi connectivity index (χ4n) is 1.73. The fourth-order valence-corrected chi connectivity index (χ4v) is 3.57. The lowest BCUT2D eigenvalue weighted by atomic mass is 10.2. The molecule has 0 heterocycles. The molecule has 2 aromatic carbocycles. The molecular weight excluding hydrogens is 425 g/mol. The molecule has 0 aliphatic rings. The molecule has 8 heteroatoms. The Kier molecular flexibility index (Phi) is 4.97. The van der Waals surface area contributed by atoms with E-state index in [0.717, 1.165) is 9.26 Å². The van der Waals surface area contributed by atoms with E-state index in [9.17, 15) is 8.42 Å². The molecule has 0 amide bonds. The fraction of sp³-hybridized carbons (Fsp3) is 0.0769. The third-order valence-electron chi connectivity index (χ3n) is 2.78. The van der Waals surface area contributed by atoms with Gasteiger partial charge in [0.1, 0.15) is 4.90 Å². The second-order valence-electron chi connectivity index (χ2n) is 4.21. The van der Waals surface area contributed by atoms with Crippen LogP contribution in [-0.2, 0) is 10.0 Å². The van der Waals surface area contributed by atoms with Crippen LogP contribution in [0.5, 0.6) is 0 Å². The van der Waals surface area contributed by atoms with Crippen molar-refractivity contribution in [2.24, 2.45) is 0 Å². The molecule has 2 rings (SSSR count). The van der Waals surface area contributed by atoms with Gasteiger partial charge in [-0.3, -0.25) is 0 Å². The number of rotatable bonds is 4. The van der Waals surface area contributed by atoms with Crippen molar-refractivity contribution in [3.63, 3.8) is 0 Å². The molecule has 21 heavy (non-hydrogen) atoms. The molecule has 0 saturated carbocycles. The molecule has 0 bridgehead atoms. The van der Waals surface area contributed by atoms with Gasteiger partial charge in [-0.05, 0) is 66.0 Å². The van der Waals surface area contributed by atoms with E-state index < -0.39 is 10.0 Å². The third kappa shape index (κ3) is 3.79. The lowest BCUT2D eigenvalue weighted by molar-refractivity contribution is 0.588. The number of anilines is 3. The van der Waals surface area contributed by atoms with E-state index >= 15 is 0 Å². The van der Waals surface area contributed by atoms with Gasteiger partial charge in [0.15, 0.2) is 0 Å². The van der Waals surface area contributed by atoms with Crippen LogP contribution in [0.15, 0.2) is 41.3 Å². The van der Waals surface area contributed by atoms with E-state index in [1.165, 1.54) is 13.1 Å². The van der Waals surface area contributed by atoms with Gasteiger partial charge in [0.2, 0.25) is 10.0 Å². The summed E-state index contributed by atoms with van der Waals surface area (Å²) in [4.78, 5) is 0.0568. The maximum absolute atomic E-state index is 11.8. The Morgan fingerprint density at radius 3 is 2.48 bits per heavy atom. The van der Waals surface area contributed by atoms with Gasteiger partial charge >= 0.3 is 0 Å². The first-order chi connectivity index (χ1) is 9.83. The average Bonchev–Trinajstić information content (AvgIpc) is 2.42. The monoisotopic (exact) mass is 437 g/mol. The summed E-state index contributed by atoms with van der Waals surface area (Å²) in [6, 6.07) is 10.1. The second kappa shape index (κ2) is 6.39. The van der Waals surface area contributed by atoms with E-state index in [0.29, 0.717) is 10.7 Å². The standard InChI is InChI=1S/C13H13ClIN3O2S/c1-17-21(19,20)13-5-3-9(7-11(13)16)18-12-4-2-8(14)6-10(12)15/h2-7,17-18H,16H2,1H3. The third-order valence-corrected chi connectivity index (χ3v) is 5.39. The molecule has 5 nitrogen and oxygen atoms in total. The van der Waals surface area contributed by atoms with E-state index in [2.05, 4.69) is 32.6 Å². The maximum Gasteiger partial charge on any atom is 0.242 e. The molecule has 112 valence electrons. The van der Waals surface area contributed by atoms with Crippen LogP contribution in [-0.4, -0.2) is 15.5 Å². The summed E-state index contributed by atoms with van der Waals surface area (Å²) in [5, 5.41) is 3.83. The smallest absolute Gasteiger partial charge is 0.242 e. The molecule has 2 aromatic rings. The molecule has 0 aliphatic carbocycles. The van der Waals surface area contributed by atoms with Crippen molar-refractivity contribution < 1.29 is 8.42 Å². The molecule has 4 N–H and O–H groups in total. The van der Waals surface area contributed by atoms with Gasteiger partial charge in [0.25, 0.3) is 0 Å². The van der Waals surface area contributed by atoms with Crippen LogP contribution in [0.4, 0.5) is 17.1 Å². The van der Waals surface area contributed by atoms with Gasteiger partial charge < -0.3 is 11.1 Å². The van der Waals surface area contributed by atoms with Crippen molar-refractivity contribution in [2.75, 3.05) is 18.1 Å². The van der Waals surface area contributed by atoms with Crippen LogP contribution in [0.1, 0.15) is 0 Å². The summed E-state index contributed by atoms with van der Waals surface area (Å²) in [6.07, 6.45) is 0. The van der Waals surface area contributed by atoms with Crippen LogP contribution < -0.4 is 15.8 Å². The Hall–Kier alpha value is -1.03. The average molecular weight is 438 g/mol. The summed E-state index contributed by atoms with van der Waals surface area (Å²) in [6.45, 7) is 0.